The Bertz CT molecular complexity index is 546. The molecule has 2 aliphatic heterocycles. The third-order valence-corrected chi connectivity index (χ3v) is 5.02. The largest absolute Gasteiger partial charge is 0.342 e. The summed E-state index contributed by atoms with van der Waals surface area (Å²) in [4.78, 5) is 22.8. The van der Waals surface area contributed by atoms with Crippen molar-refractivity contribution in [2.24, 2.45) is 5.92 Å². The summed E-state index contributed by atoms with van der Waals surface area (Å²) in [5.74, 6) is 2.21. The van der Waals surface area contributed by atoms with E-state index in [4.69, 9.17) is 4.52 Å². The van der Waals surface area contributed by atoms with Gasteiger partial charge in [0.1, 0.15) is 0 Å². The van der Waals surface area contributed by atoms with E-state index in [0.717, 1.165) is 52.2 Å². The van der Waals surface area contributed by atoms with Crippen molar-refractivity contribution >= 4 is 5.91 Å². The minimum Gasteiger partial charge on any atom is -0.342 e. The van der Waals surface area contributed by atoms with Crippen LogP contribution in [0.4, 0.5) is 0 Å². The third-order valence-electron chi connectivity index (χ3n) is 5.02. The highest BCUT2D eigenvalue weighted by molar-refractivity contribution is 5.73. The summed E-state index contributed by atoms with van der Waals surface area (Å²) in [6, 6.07) is 0.547. The molecule has 2 aliphatic rings. The van der Waals surface area contributed by atoms with Crippen molar-refractivity contribution in [2.75, 3.05) is 39.3 Å². The number of amides is 1. The highest BCUT2D eigenvalue weighted by Crippen LogP contribution is 2.24. The molecule has 0 bridgehead atoms. The average Bonchev–Trinajstić information content (AvgIpc) is 2.96. The Morgan fingerprint density at radius 2 is 2.09 bits per heavy atom. The first-order valence-corrected chi connectivity index (χ1v) is 8.54. The third kappa shape index (κ3) is 3.90. The van der Waals surface area contributed by atoms with Gasteiger partial charge in [0.2, 0.25) is 11.8 Å². The summed E-state index contributed by atoms with van der Waals surface area (Å²) in [5, 5.41) is 3.86. The zero-order valence-electron chi connectivity index (χ0n) is 14.4. The van der Waals surface area contributed by atoms with E-state index < -0.39 is 0 Å². The van der Waals surface area contributed by atoms with Crippen LogP contribution < -0.4 is 0 Å². The molecule has 3 rings (SSSR count). The lowest BCUT2D eigenvalue weighted by Crippen LogP contribution is -2.42. The Labute approximate surface area is 137 Å². The number of hydrogen-bond acceptors (Lipinski definition) is 6. The van der Waals surface area contributed by atoms with Gasteiger partial charge < -0.3 is 9.42 Å². The van der Waals surface area contributed by atoms with Gasteiger partial charge in [0.15, 0.2) is 5.82 Å². The van der Waals surface area contributed by atoms with Crippen LogP contribution in [-0.4, -0.2) is 76.1 Å². The Hall–Kier alpha value is -1.47. The van der Waals surface area contributed by atoms with E-state index in [-0.39, 0.29) is 5.91 Å². The molecule has 0 radical (unpaired) electrons. The molecule has 7 nitrogen and oxygen atoms in total. The first-order chi connectivity index (χ1) is 11.0. The minimum absolute atomic E-state index is 0.194. The zero-order valence-corrected chi connectivity index (χ0v) is 14.4. The van der Waals surface area contributed by atoms with Gasteiger partial charge in [0.25, 0.3) is 0 Å². The fourth-order valence-corrected chi connectivity index (χ4v) is 3.83. The lowest BCUT2D eigenvalue weighted by Gasteiger charge is -2.30. The molecule has 0 spiro atoms. The first kappa shape index (κ1) is 16.4. The molecular formula is C16H27N5O2. The van der Waals surface area contributed by atoms with E-state index in [0.29, 0.717) is 23.7 Å². The van der Waals surface area contributed by atoms with Crippen LogP contribution in [0.5, 0.6) is 0 Å². The normalized spacial score (nSPS) is 27.3. The minimum atomic E-state index is 0.194. The zero-order chi connectivity index (χ0) is 16.4. The maximum Gasteiger partial charge on any atom is 0.240 e. The summed E-state index contributed by atoms with van der Waals surface area (Å²) < 4.78 is 5.24. The second-order valence-electron chi connectivity index (χ2n) is 6.87. The number of rotatable bonds is 3. The number of carbonyl (C=O) groups is 1. The van der Waals surface area contributed by atoms with E-state index >= 15 is 0 Å². The summed E-state index contributed by atoms with van der Waals surface area (Å²) in [7, 11) is 0. The predicted octanol–water partition coefficient (Wildman–Crippen LogP) is 0.753. The monoisotopic (exact) mass is 321 g/mol. The van der Waals surface area contributed by atoms with Crippen LogP contribution in [0.15, 0.2) is 4.52 Å². The summed E-state index contributed by atoms with van der Waals surface area (Å²) in [6.45, 7) is 12.4. The highest BCUT2D eigenvalue weighted by atomic mass is 16.5. The highest BCUT2D eigenvalue weighted by Gasteiger charge is 2.35. The predicted molar refractivity (Wildman–Crippen MR) is 85.7 cm³/mol. The molecule has 2 saturated heterocycles. The Morgan fingerprint density at radius 1 is 1.26 bits per heavy atom. The molecule has 3 heterocycles. The number of aromatic nitrogens is 2. The number of nitrogens with zero attached hydrogens (tertiary/aromatic N) is 5. The van der Waals surface area contributed by atoms with Gasteiger partial charge in [0.05, 0.1) is 6.54 Å². The molecular weight excluding hydrogens is 294 g/mol. The van der Waals surface area contributed by atoms with E-state index in [1.54, 1.807) is 6.92 Å². The molecule has 0 aromatic carbocycles. The van der Waals surface area contributed by atoms with Crippen molar-refractivity contribution in [3.05, 3.63) is 11.7 Å². The van der Waals surface area contributed by atoms with Gasteiger partial charge in [-0.15, -0.1) is 0 Å². The lowest BCUT2D eigenvalue weighted by molar-refractivity contribution is -0.128. The maximum atomic E-state index is 11.6. The van der Waals surface area contributed by atoms with Crippen LogP contribution in [0.2, 0.25) is 0 Å². The standard InChI is InChI=1S/C16H27N5O2/c1-12-9-19(11-16-17-13(2)18-23-16)10-15(12)21-6-4-5-20(7-8-21)14(3)22/h12,15H,4-11H2,1-3H3/t12-,15-/m0/s1. The molecule has 2 fully saturated rings. The van der Waals surface area contributed by atoms with Crippen LogP contribution >= 0.6 is 0 Å². The van der Waals surface area contributed by atoms with Gasteiger partial charge in [-0.2, -0.15) is 4.98 Å². The fourth-order valence-electron chi connectivity index (χ4n) is 3.83. The van der Waals surface area contributed by atoms with E-state index in [1.807, 2.05) is 11.8 Å². The van der Waals surface area contributed by atoms with Gasteiger partial charge in [-0.3, -0.25) is 14.6 Å². The maximum absolute atomic E-state index is 11.6. The van der Waals surface area contributed by atoms with Gasteiger partial charge in [0, 0.05) is 52.2 Å². The molecule has 1 amide bonds. The van der Waals surface area contributed by atoms with Gasteiger partial charge in [-0.05, 0) is 19.3 Å². The van der Waals surface area contributed by atoms with Gasteiger partial charge in [-0.1, -0.05) is 12.1 Å². The van der Waals surface area contributed by atoms with Crippen molar-refractivity contribution in [3.8, 4) is 0 Å². The molecule has 0 N–H and O–H groups in total. The van der Waals surface area contributed by atoms with Gasteiger partial charge in [-0.25, -0.2) is 0 Å². The molecule has 0 aliphatic carbocycles. The molecule has 7 heteroatoms. The van der Waals surface area contributed by atoms with Crippen molar-refractivity contribution in [2.45, 2.75) is 39.8 Å². The Morgan fingerprint density at radius 3 is 2.78 bits per heavy atom. The smallest absolute Gasteiger partial charge is 0.240 e. The lowest BCUT2D eigenvalue weighted by atomic mass is 10.0. The second kappa shape index (κ2) is 6.97. The van der Waals surface area contributed by atoms with Crippen molar-refractivity contribution < 1.29 is 9.32 Å². The molecule has 128 valence electrons. The van der Waals surface area contributed by atoms with Crippen molar-refractivity contribution in [3.63, 3.8) is 0 Å². The van der Waals surface area contributed by atoms with E-state index in [1.165, 1.54) is 0 Å². The summed E-state index contributed by atoms with van der Waals surface area (Å²) in [6.07, 6.45) is 1.06. The second-order valence-corrected chi connectivity index (χ2v) is 6.87. The average molecular weight is 321 g/mol. The first-order valence-electron chi connectivity index (χ1n) is 8.54. The topological polar surface area (TPSA) is 65.7 Å². The van der Waals surface area contributed by atoms with E-state index in [2.05, 4.69) is 26.9 Å². The van der Waals surface area contributed by atoms with Gasteiger partial charge >= 0.3 is 0 Å². The van der Waals surface area contributed by atoms with Crippen LogP contribution in [0.3, 0.4) is 0 Å². The van der Waals surface area contributed by atoms with Crippen LogP contribution in [0.25, 0.3) is 0 Å². The molecule has 2 atom stereocenters. The molecule has 23 heavy (non-hydrogen) atoms. The number of hydrogen-bond donors (Lipinski definition) is 0. The summed E-state index contributed by atoms with van der Waals surface area (Å²) in [5.41, 5.74) is 0. The fraction of sp³-hybridized carbons (Fsp3) is 0.812. The van der Waals surface area contributed by atoms with Crippen molar-refractivity contribution in [1.82, 2.24) is 24.8 Å². The van der Waals surface area contributed by atoms with Crippen LogP contribution in [-0.2, 0) is 11.3 Å². The quantitative estimate of drug-likeness (QED) is 0.819. The van der Waals surface area contributed by atoms with E-state index in [9.17, 15) is 4.79 Å². The summed E-state index contributed by atoms with van der Waals surface area (Å²) >= 11 is 0. The van der Waals surface area contributed by atoms with Crippen molar-refractivity contribution in [1.29, 1.82) is 0 Å². The van der Waals surface area contributed by atoms with Crippen LogP contribution in [0, 0.1) is 12.8 Å². The van der Waals surface area contributed by atoms with Crippen LogP contribution in [0.1, 0.15) is 32.0 Å². The SMILES string of the molecule is CC(=O)N1CCCN([C@H]2CN(Cc3nc(C)no3)C[C@@H]2C)CC1. The Balaban J connectivity index is 1.57. The number of likely N-dealkylation sites (tertiary alicyclic amines) is 1. The number of carbonyl (C=O) groups excluding carboxylic acids is 1. The molecule has 1 aromatic heterocycles. The number of aryl methyl sites for hydroxylation is 1. The molecule has 1 aromatic rings. The molecule has 0 saturated carbocycles. The molecule has 0 unspecified atom stereocenters. The Kier molecular flexibility index (Phi) is 4.96.